The molecule has 3 aliphatic rings. The molecule has 1 saturated carbocycles. The van der Waals surface area contributed by atoms with E-state index in [1.54, 1.807) is 0 Å². The van der Waals surface area contributed by atoms with Crippen LogP contribution in [0.2, 0.25) is 0 Å². The Morgan fingerprint density at radius 3 is 2.50 bits per heavy atom. The van der Waals surface area contributed by atoms with Crippen molar-refractivity contribution in [3.63, 3.8) is 0 Å². The molecule has 0 spiro atoms. The van der Waals surface area contributed by atoms with Crippen LogP contribution in [0.3, 0.4) is 0 Å². The molecule has 2 saturated heterocycles. The van der Waals surface area contributed by atoms with E-state index in [1.165, 1.54) is 0 Å². The monoisotopic (exact) mass is 284 g/mol. The first-order valence-corrected chi connectivity index (χ1v) is 7.77. The number of ether oxygens (including phenoxy) is 4. The smallest absolute Gasteiger partial charge is 0.434 e. The summed E-state index contributed by atoms with van der Waals surface area (Å²) >= 11 is 0. The van der Waals surface area contributed by atoms with Gasteiger partial charge in [-0.2, -0.15) is 0 Å². The van der Waals surface area contributed by atoms with Crippen LogP contribution < -0.4 is 0 Å². The highest BCUT2D eigenvalue weighted by atomic mass is 16.7. The molecule has 0 aromatic heterocycles. The van der Waals surface area contributed by atoms with E-state index in [0.29, 0.717) is 50.0 Å². The average Bonchev–Trinajstić information content (AvgIpc) is 3.23. The fraction of sp³-hybridized carbons (Fsp3) is 0.933. The zero-order valence-electron chi connectivity index (χ0n) is 12.1. The minimum absolute atomic E-state index is 0.314. The summed E-state index contributed by atoms with van der Waals surface area (Å²) < 4.78 is 21.4. The number of hydrogen-bond acceptors (Lipinski definition) is 5. The molecule has 20 heavy (non-hydrogen) atoms. The molecule has 1 aliphatic carbocycles. The first kappa shape index (κ1) is 14.1. The van der Waals surface area contributed by atoms with Crippen molar-refractivity contribution in [3.05, 3.63) is 0 Å². The van der Waals surface area contributed by atoms with Gasteiger partial charge in [0.05, 0.1) is 38.1 Å². The van der Waals surface area contributed by atoms with Gasteiger partial charge in [0, 0.05) is 5.92 Å². The lowest BCUT2D eigenvalue weighted by Gasteiger charge is -2.26. The van der Waals surface area contributed by atoms with Crippen molar-refractivity contribution in [2.45, 2.75) is 57.3 Å². The van der Waals surface area contributed by atoms with Crippen molar-refractivity contribution in [3.8, 4) is 0 Å². The van der Waals surface area contributed by atoms with Gasteiger partial charge in [0.15, 0.2) is 0 Å². The van der Waals surface area contributed by atoms with Crippen molar-refractivity contribution in [1.82, 2.24) is 0 Å². The largest absolute Gasteiger partial charge is 0.508 e. The summed E-state index contributed by atoms with van der Waals surface area (Å²) in [5.41, 5.74) is 0. The lowest BCUT2D eigenvalue weighted by Crippen LogP contribution is -2.28. The minimum Gasteiger partial charge on any atom is -0.434 e. The first-order valence-electron chi connectivity index (χ1n) is 7.77. The maximum atomic E-state index is 11.6. The van der Waals surface area contributed by atoms with Crippen LogP contribution in [0.15, 0.2) is 0 Å². The Labute approximate surface area is 119 Å². The van der Waals surface area contributed by atoms with Gasteiger partial charge in [-0.3, -0.25) is 0 Å². The van der Waals surface area contributed by atoms with Gasteiger partial charge in [0.2, 0.25) is 0 Å². The van der Waals surface area contributed by atoms with Crippen LogP contribution in [0.4, 0.5) is 4.79 Å². The summed E-state index contributed by atoms with van der Waals surface area (Å²) in [6.45, 7) is 3.62. The number of carbonyl (C=O) groups excluding carboxylic acids is 1. The van der Waals surface area contributed by atoms with Gasteiger partial charge in [0.25, 0.3) is 0 Å². The normalized spacial score (nSPS) is 39.8. The third kappa shape index (κ3) is 3.85. The zero-order valence-corrected chi connectivity index (χ0v) is 12.1. The van der Waals surface area contributed by atoms with Crippen LogP contribution in [0.5, 0.6) is 0 Å². The maximum Gasteiger partial charge on any atom is 0.508 e. The molecular formula is C15H24O5. The Balaban J connectivity index is 1.27. The van der Waals surface area contributed by atoms with Crippen LogP contribution in [-0.4, -0.2) is 44.3 Å². The van der Waals surface area contributed by atoms with E-state index in [4.69, 9.17) is 18.9 Å². The predicted octanol–water partition coefficient (Wildman–Crippen LogP) is 2.52. The molecule has 2 aliphatic heterocycles. The van der Waals surface area contributed by atoms with E-state index in [0.717, 1.165) is 32.1 Å². The molecule has 3 fully saturated rings. The second-order valence-corrected chi connectivity index (χ2v) is 6.35. The lowest BCUT2D eigenvalue weighted by molar-refractivity contribution is -0.0337. The van der Waals surface area contributed by atoms with E-state index in [9.17, 15) is 4.79 Å². The van der Waals surface area contributed by atoms with Crippen LogP contribution in [0.1, 0.15) is 39.0 Å². The molecule has 2 heterocycles. The molecule has 0 amide bonds. The van der Waals surface area contributed by atoms with E-state index >= 15 is 0 Å². The molecule has 5 unspecified atom stereocenters. The Morgan fingerprint density at radius 1 is 1.05 bits per heavy atom. The molecule has 114 valence electrons. The molecule has 0 radical (unpaired) electrons. The van der Waals surface area contributed by atoms with Crippen molar-refractivity contribution in [2.75, 3.05) is 19.8 Å². The van der Waals surface area contributed by atoms with Crippen LogP contribution >= 0.6 is 0 Å². The van der Waals surface area contributed by atoms with E-state index < -0.39 is 6.16 Å². The molecule has 3 rings (SSSR count). The van der Waals surface area contributed by atoms with Gasteiger partial charge in [-0.05, 0) is 44.9 Å². The number of hydrogen-bond donors (Lipinski definition) is 0. The maximum absolute atomic E-state index is 11.6. The molecule has 0 N–H and O–H groups in total. The Hall–Kier alpha value is -0.810. The van der Waals surface area contributed by atoms with Gasteiger partial charge >= 0.3 is 6.16 Å². The molecule has 0 aromatic carbocycles. The highest BCUT2D eigenvalue weighted by Gasteiger charge is 2.44. The summed E-state index contributed by atoms with van der Waals surface area (Å²) in [7, 11) is 0. The molecule has 5 heteroatoms. The quantitative estimate of drug-likeness (QED) is 0.586. The second-order valence-electron chi connectivity index (χ2n) is 6.35. The fourth-order valence-electron chi connectivity index (χ4n) is 3.12. The fourth-order valence-corrected chi connectivity index (χ4v) is 3.12. The van der Waals surface area contributed by atoms with Gasteiger partial charge in [-0.1, -0.05) is 0 Å². The summed E-state index contributed by atoms with van der Waals surface area (Å²) in [5, 5.41) is 0. The lowest BCUT2D eigenvalue weighted by atomic mass is 9.90. The molecule has 5 nitrogen and oxygen atoms in total. The van der Waals surface area contributed by atoms with Crippen molar-refractivity contribution in [2.24, 2.45) is 11.8 Å². The van der Waals surface area contributed by atoms with E-state index in [2.05, 4.69) is 6.92 Å². The Kier molecular flexibility index (Phi) is 4.46. The number of fused-ring (bicyclic) bond motifs is 1. The number of carbonyl (C=O) groups is 1. The van der Waals surface area contributed by atoms with Crippen molar-refractivity contribution >= 4 is 6.16 Å². The second kappa shape index (κ2) is 6.31. The highest BCUT2D eigenvalue weighted by Crippen LogP contribution is 2.39. The molecule has 5 atom stereocenters. The number of epoxide rings is 1. The van der Waals surface area contributed by atoms with Gasteiger partial charge in [0.1, 0.15) is 0 Å². The SMILES string of the molecule is CC1CCC(COC(=O)OCC2CCC3OC3C2)CO1. The predicted molar refractivity (Wildman–Crippen MR) is 71.4 cm³/mol. The van der Waals surface area contributed by atoms with Crippen molar-refractivity contribution in [1.29, 1.82) is 0 Å². The standard InChI is InChI=1S/C15H24O5/c1-10-2-3-12(8-17-10)9-19-15(16)18-7-11-4-5-13-14(6-11)20-13/h10-14H,2-9H2,1H3. The van der Waals surface area contributed by atoms with E-state index in [1.807, 2.05) is 0 Å². The summed E-state index contributed by atoms with van der Waals surface area (Å²) in [5.74, 6) is 0.749. The molecule has 0 aromatic rings. The summed E-state index contributed by atoms with van der Waals surface area (Å²) in [6, 6.07) is 0. The van der Waals surface area contributed by atoms with Crippen LogP contribution in [-0.2, 0) is 18.9 Å². The van der Waals surface area contributed by atoms with Crippen molar-refractivity contribution < 1.29 is 23.7 Å². The zero-order chi connectivity index (χ0) is 13.9. The summed E-state index contributed by atoms with van der Waals surface area (Å²) in [4.78, 5) is 11.6. The highest BCUT2D eigenvalue weighted by molar-refractivity contribution is 5.59. The third-order valence-electron chi connectivity index (χ3n) is 4.58. The average molecular weight is 284 g/mol. The van der Waals surface area contributed by atoms with Crippen LogP contribution in [0.25, 0.3) is 0 Å². The Morgan fingerprint density at radius 2 is 1.80 bits per heavy atom. The van der Waals surface area contributed by atoms with Gasteiger partial charge in [-0.25, -0.2) is 4.79 Å². The third-order valence-corrected chi connectivity index (χ3v) is 4.58. The first-order chi connectivity index (χ1) is 9.70. The summed E-state index contributed by atoms with van der Waals surface area (Å²) in [6.07, 6.45) is 6.01. The molecular weight excluding hydrogens is 260 g/mol. The van der Waals surface area contributed by atoms with Crippen LogP contribution in [0, 0.1) is 11.8 Å². The number of rotatable bonds is 4. The minimum atomic E-state index is -0.539. The van der Waals surface area contributed by atoms with Gasteiger partial charge < -0.3 is 18.9 Å². The molecule has 0 bridgehead atoms. The Bertz CT molecular complexity index is 337. The topological polar surface area (TPSA) is 57.3 Å². The van der Waals surface area contributed by atoms with Gasteiger partial charge in [-0.15, -0.1) is 0 Å². The van der Waals surface area contributed by atoms with E-state index in [-0.39, 0.29) is 0 Å².